The molecule has 1 aliphatic heterocycles. The molecule has 1 amide bonds. The number of piperidine rings is 1. The van der Waals surface area contributed by atoms with E-state index in [1.165, 1.54) is 6.08 Å². The minimum Gasteiger partial charge on any atom is -0.454 e. The number of aliphatic hydroxyl groups is 2. The Labute approximate surface area is 293 Å². The SMILES string of the molecule is CCN1C[C@]2(OC(=O)c3ccccc3NC(=O)/C=C/c3cc(C)ccn3)CC[C@H](OC)[C@]34C1C[C@@H](C[C@H]23)[C@@]1(O)C[C@H](OC)C2[C@H]3C[C@@H]4[C@]1(O)[C@@H]23. The van der Waals surface area contributed by atoms with Crippen molar-refractivity contribution in [3.05, 3.63) is 65.5 Å². The van der Waals surface area contributed by atoms with Crippen LogP contribution in [0.2, 0.25) is 0 Å². The van der Waals surface area contributed by atoms with Crippen molar-refractivity contribution >= 4 is 23.6 Å². The van der Waals surface area contributed by atoms with Crippen LogP contribution < -0.4 is 5.32 Å². The molecule has 10 nitrogen and oxygen atoms in total. The standard InChI is InChI=1S/C40H49N3O7/c1-5-43-21-37(50-36(45)25-8-6-7-9-27(25)42-33(44)11-10-24-16-22(2)13-15-41-24)14-12-32(49-4)39-29(37)17-23(18-31(39)43)38(46)20-28(48-3)34-26-19-30(39)40(38,47)35(26)34/h6-11,13,15-16,23,26,28-32,34-35,46-47H,5,12,14,17-21H2,1-4H3,(H,42,44)/b11-10+/t23-,26-,28+,29-,30+,31?,32+,34?,35-,37-,38+,39-,40+/m1/s1. The molecule has 2 heterocycles. The van der Waals surface area contributed by atoms with E-state index in [0.717, 1.165) is 24.9 Å². The lowest BCUT2D eigenvalue weighted by Crippen LogP contribution is -2.78. The van der Waals surface area contributed by atoms with Crippen molar-refractivity contribution in [2.45, 2.75) is 87.4 Å². The molecule has 8 aliphatic rings. The third-order valence-corrected chi connectivity index (χ3v) is 14.9. The van der Waals surface area contributed by atoms with Crippen LogP contribution in [0.25, 0.3) is 6.08 Å². The lowest BCUT2D eigenvalue weighted by Gasteiger charge is -2.70. The first kappa shape index (κ1) is 32.7. The molecule has 5 bridgehead atoms. The molecule has 13 atom stereocenters. The maximum absolute atomic E-state index is 14.5. The molecule has 0 radical (unpaired) electrons. The monoisotopic (exact) mass is 683 g/mol. The van der Waals surface area contributed by atoms with Crippen molar-refractivity contribution in [2.75, 3.05) is 32.6 Å². The van der Waals surface area contributed by atoms with Gasteiger partial charge in [-0.15, -0.1) is 0 Å². The predicted molar refractivity (Wildman–Crippen MR) is 185 cm³/mol. The van der Waals surface area contributed by atoms with Crippen molar-refractivity contribution in [3.8, 4) is 0 Å². The van der Waals surface area contributed by atoms with Gasteiger partial charge in [-0.25, -0.2) is 4.79 Å². The molecule has 3 N–H and O–H groups in total. The largest absolute Gasteiger partial charge is 0.454 e. The van der Waals surface area contributed by atoms with E-state index in [-0.39, 0.29) is 53.7 Å². The second kappa shape index (κ2) is 11.2. The smallest absolute Gasteiger partial charge is 0.340 e. The maximum Gasteiger partial charge on any atom is 0.340 e. The zero-order valence-electron chi connectivity index (χ0n) is 29.4. The van der Waals surface area contributed by atoms with E-state index in [1.807, 2.05) is 19.1 Å². The van der Waals surface area contributed by atoms with Gasteiger partial charge < -0.3 is 29.7 Å². The van der Waals surface area contributed by atoms with Gasteiger partial charge in [-0.05, 0) is 105 Å². The molecule has 7 saturated carbocycles. The number of likely N-dealkylation sites (N-methyl/N-ethyl adjacent to an activating group) is 1. The number of anilines is 1. The number of hydrogen-bond acceptors (Lipinski definition) is 9. The Morgan fingerprint density at radius 1 is 1.10 bits per heavy atom. The number of benzene rings is 1. The Balaban J connectivity index is 1.08. The second-order valence-corrected chi connectivity index (χ2v) is 16.4. The summed E-state index contributed by atoms with van der Waals surface area (Å²) < 4.78 is 19.3. The second-order valence-electron chi connectivity index (χ2n) is 16.4. The normalized spacial score (nSPS) is 44.8. The van der Waals surface area contributed by atoms with Gasteiger partial charge in [0.25, 0.3) is 0 Å². The first-order valence-electron chi connectivity index (χ1n) is 18.5. The predicted octanol–water partition coefficient (Wildman–Crippen LogP) is 4.24. The quantitative estimate of drug-likeness (QED) is 0.276. The molecule has 1 aromatic carbocycles. The number of esters is 1. The van der Waals surface area contributed by atoms with Crippen LogP contribution in [0.15, 0.2) is 48.7 Å². The Bertz CT molecular complexity index is 1770. The fraction of sp³-hybridized carbons (Fsp3) is 0.625. The number of pyridine rings is 1. The van der Waals surface area contributed by atoms with Gasteiger partial charge in [-0.3, -0.25) is 14.7 Å². The summed E-state index contributed by atoms with van der Waals surface area (Å²) in [5.41, 5.74) is -1.47. The number of methoxy groups -OCH3 is 2. The van der Waals surface area contributed by atoms with E-state index in [9.17, 15) is 19.8 Å². The van der Waals surface area contributed by atoms with Crippen LogP contribution in [-0.2, 0) is 19.0 Å². The summed E-state index contributed by atoms with van der Waals surface area (Å²) >= 11 is 0. The molecule has 1 saturated heterocycles. The van der Waals surface area contributed by atoms with Gasteiger partial charge in [-0.2, -0.15) is 0 Å². The number of carbonyl (C=O) groups is 2. The molecule has 50 heavy (non-hydrogen) atoms. The fourth-order valence-corrected chi connectivity index (χ4v) is 13.2. The van der Waals surface area contributed by atoms with Crippen molar-refractivity contribution in [1.29, 1.82) is 0 Å². The number of nitrogens with one attached hydrogen (secondary N) is 1. The number of hydrogen-bond donors (Lipinski definition) is 3. The van der Waals surface area contributed by atoms with Gasteiger partial charge in [0, 0.05) is 62.8 Å². The topological polar surface area (TPSA) is 130 Å². The molecule has 2 aromatic rings. The average molecular weight is 684 g/mol. The summed E-state index contributed by atoms with van der Waals surface area (Å²) in [6, 6.07) is 10.9. The van der Waals surface area contributed by atoms with Gasteiger partial charge in [0.1, 0.15) is 11.2 Å². The highest BCUT2D eigenvalue weighted by Crippen LogP contribution is 2.82. The molecule has 8 fully saturated rings. The summed E-state index contributed by atoms with van der Waals surface area (Å²) in [4.78, 5) is 34.3. The number of carbonyl (C=O) groups excluding carboxylic acids is 2. The molecule has 7 aliphatic carbocycles. The van der Waals surface area contributed by atoms with Crippen LogP contribution in [0.1, 0.15) is 67.1 Å². The van der Waals surface area contributed by atoms with E-state index in [4.69, 9.17) is 14.2 Å². The van der Waals surface area contributed by atoms with Crippen molar-refractivity contribution < 1.29 is 34.0 Å². The van der Waals surface area contributed by atoms with Crippen molar-refractivity contribution in [1.82, 2.24) is 9.88 Å². The zero-order chi connectivity index (χ0) is 34.8. The number of likely N-dealkylation sites (tertiary alicyclic amines) is 1. The Hall–Kier alpha value is -3.15. The molecule has 1 aromatic heterocycles. The molecular formula is C40H49N3O7. The van der Waals surface area contributed by atoms with Gasteiger partial charge >= 0.3 is 5.97 Å². The fourth-order valence-electron chi connectivity index (χ4n) is 13.2. The summed E-state index contributed by atoms with van der Waals surface area (Å²) in [7, 11) is 3.53. The molecular weight excluding hydrogens is 634 g/mol. The Kier molecular flexibility index (Phi) is 7.32. The van der Waals surface area contributed by atoms with E-state index in [2.05, 4.69) is 22.1 Å². The van der Waals surface area contributed by atoms with Gasteiger partial charge in [0.2, 0.25) is 5.91 Å². The summed E-state index contributed by atoms with van der Waals surface area (Å²) in [5, 5.41) is 29.0. The lowest BCUT2D eigenvalue weighted by molar-refractivity contribution is -0.289. The third-order valence-electron chi connectivity index (χ3n) is 14.9. The highest BCUT2D eigenvalue weighted by molar-refractivity contribution is 6.06. The number of amides is 1. The number of aromatic nitrogens is 1. The first-order valence-corrected chi connectivity index (χ1v) is 18.5. The highest BCUT2D eigenvalue weighted by atomic mass is 16.6. The minimum absolute atomic E-state index is 0.0187. The number of rotatable bonds is 8. The average Bonchev–Trinajstić information content (AvgIpc) is 3.77. The van der Waals surface area contributed by atoms with Crippen LogP contribution in [0, 0.1) is 47.8 Å². The highest BCUT2D eigenvalue weighted by Gasteiger charge is 2.89. The van der Waals surface area contributed by atoms with E-state index in [0.29, 0.717) is 55.1 Å². The third kappa shape index (κ3) is 4.11. The van der Waals surface area contributed by atoms with Crippen molar-refractivity contribution in [3.63, 3.8) is 0 Å². The lowest BCUT2D eigenvalue weighted by atomic mass is 9.43. The zero-order valence-corrected chi connectivity index (χ0v) is 29.4. The first-order chi connectivity index (χ1) is 24.1. The number of nitrogens with zero attached hydrogens (tertiary/aromatic N) is 2. The Morgan fingerprint density at radius 2 is 1.92 bits per heavy atom. The molecule has 10 heteroatoms. The summed E-state index contributed by atoms with van der Waals surface area (Å²) in [5.74, 6) is -0.679. The minimum atomic E-state index is -1.28. The number of fused-ring (bicyclic) bond motifs is 1. The number of ether oxygens (including phenoxy) is 3. The van der Waals surface area contributed by atoms with Crippen LogP contribution in [0.5, 0.6) is 0 Å². The van der Waals surface area contributed by atoms with Gasteiger partial charge in [-0.1, -0.05) is 19.1 Å². The molecule has 266 valence electrons. The molecule has 10 rings (SSSR count). The van der Waals surface area contributed by atoms with Crippen LogP contribution in [-0.4, -0.2) is 94.3 Å². The maximum atomic E-state index is 14.5. The van der Waals surface area contributed by atoms with Crippen LogP contribution in [0.3, 0.4) is 0 Å². The van der Waals surface area contributed by atoms with E-state index in [1.54, 1.807) is 50.8 Å². The van der Waals surface area contributed by atoms with E-state index >= 15 is 0 Å². The van der Waals surface area contributed by atoms with E-state index < -0.39 is 28.2 Å². The number of aryl methyl sites for hydroxylation is 1. The molecule has 2 unspecified atom stereocenters. The van der Waals surface area contributed by atoms with Crippen molar-refractivity contribution in [2.24, 2.45) is 40.9 Å². The number of para-hydroxylation sites is 1. The van der Waals surface area contributed by atoms with Gasteiger partial charge in [0.15, 0.2) is 0 Å². The summed E-state index contributed by atoms with van der Waals surface area (Å²) in [6.07, 6.45) is 8.61. The van der Waals surface area contributed by atoms with Crippen LogP contribution in [0.4, 0.5) is 5.69 Å². The van der Waals surface area contributed by atoms with Crippen LogP contribution >= 0.6 is 0 Å². The molecule has 1 spiro atoms. The van der Waals surface area contributed by atoms with Gasteiger partial charge in [0.05, 0.1) is 34.8 Å². The summed E-state index contributed by atoms with van der Waals surface area (Å²) in [6.45, 7) is 5.48. The Morgan fingerprint density at radius 3 is 2.68 bits per heavy atom.